The van der Waals surface area contributed by atoms with Crippen LogP contribution in [-0.2, 0) is 18.3 Å². The molecule has 2 N–H and O–H groups in total. The molecule has 180 valence electrons. The van der Waals surface area contributed by atoms with E-state index in [1.807, 2.05) is 0 Å². The molecule has 21 heteroatoms. The minimum atomic E-state index is -5.66. The molecule has 0 amide bonds. The van der Waals surface area contributed by atoms with E-state index in [4.69, 9.17) is 10.2 Å². The van der Waals surface area contributed by atoms with E-state index in [2.05, 4.69) is 9.05 Å². The van der Waals surface area contributed by atoms with Gasteiger partial charge in [-0.15, -0.1) is 0 Å². The van der Waals surface area contributed by atoms with Crippen LogP contribution in [-0.4, -0.2) is 90.5 Å². The Balaban J connectivity index is -0.000000539. The van der Waals surface area contributed by atoms with E-state index in [1.54, 1.807) is 12.1 Å². The molecular weight excluding hydrogens is 589 g/mol. The second kappa shape index (κ2) is 16.8. The van der Waals surface area contributed by atoms with Gasteiger partial charge in [0.25, 0.3) is 0 Å². The van der Waals surface area contributed by atoms with E-state index < -0.39 is 41.6 Å². The standard InChI is InChI=1S/2C7H10O7P2.3Mg/c2*8-7(15(9,10)11)16(12,13)14-6-4-2-1-3-5-6;;;/h2*1-5,7-8H,(H,12,13)(H2,9,10,11);;;/q;;3*+2/p-6. The number of benzene rings is 2. The van der Waals surface area contributed by atoms with Crippen molar-refractivity contribution in [2.75, 3.05) is 0 Å². The van der Waals surface area contributed by atoms with Crippen molar-refractivity contribution in [1.82, 2.24) is 0 Å². The first-order valence-electron chi connectivity index (χ1n) is 7.97. The molecule has 0 aliphatic carbocycles. The quantitative estimate of drug-likeness (QED) is 0.219. The van der Waals surface area contributed by atoms with Gasteiger partial charge in [-0.2, -0.15) is 0 Å². The summed E-state index contributed by atoms with van der Waals surface area (Å²) < 4.78 is 51.5. The zero-order valence-corrected chi connectivity index (χ0v) is 25.5. The molecule has 0 spiro atoms. The molecule has 0 saturated carbocycles. The summed E-state index contributed by atoms with van der Waals surface area (Å²) in [6, 6.07) is 13.8. The molecule has 0 saturated heterocycles. The third-order valence-corrected chi connectivity index (χ3v) is 9.67. The molecule has 0 heterocycles. The smallest absolute Gasteiger partial charge is 0.809 e. The number of rotatable bonds is 8. The van der Waals surface area contributed by atoms with Crippen LogP contribution in [0, 0.1) is 0 Å². The van der Waals surface area contributed by atoms with Gasteiger partial charge < -0.3 is 57.8 Å². The third kappa shape index (κ3) is 14.6. The fraction of sp³-hybridized carbons (Fsp3) is 0.143. The summed E-state index contributed by atoms with van der Waals surface area (Å²) in [4.78, 5) is 63.6. The maximum Gasteiger partial charge on any atom is 2.00 e. The molecule has 0 radical (unpaired) electrons. The first-order valence-corrected chi connectivity index (χ1v) is 14.4. The van der Waals surface area contributed by atoms with Crippen molar-refractivity contribution in [1.29, 1.82) is 0 Å². The van der Waals surface area contributed by atoms with Crippen molar-refractivity contribution < 1.29 is 66.9 Å². The number of aliphatic hydroxyl groups is 2. The monoisotopic (exact) mass is 602 g/mol. The molecule has 4 atom stereocenters. The maximum atomic E-state index is 11.1. The maximum absolute atomic E-state index is 11.1. The Kier molecular flexibility index (Phi) is 19.4. The van der Waals surface area contributed by atoms with Crippen molar-refractivity contribution in [2.24, 2.45) is 0 Å². The van der Waals surface area contributed by atoms with Crippen LogP contribution in [0.2, 0.25) is 0 Å². The predicted molar refractivity (Wildman–Crippen MR) is 114 cm³/mol. The van der Waals surface area contributed by atoms with Gasteiger partial charge in [0, 0.05) is 0 Å². The second-order valence-corrected chi connectivity index (χ2v) is 13.1. The van der Waals surface area contributed by atoms with Gasteiger partial charge in [0.1, 0.15) is 11.5 Å². The number of hydrogen-bond donors (Lipinski definition) is 2. The van der Waals surface area contributed by atoms with Crippen LogP contribution < -0.4 is 38.4 Å². The molecule has 0 aliphatic rings. The van der Waals surface area contributed by atoms with Gasteiger partial charge in [-0.1, -0.05) is 36.4 Å². The Hall–Kier alpha value is 0.939. The molecule has 0 fully saturated rings. The van der Waals surface area contributed by atoms with Crippen LogP contribution in [0.5, 0.6) is 11.5 Å². The molecule has 2 rings (SSSR count). The Morgan fingerprint density at radius 3 is 0.971 bits per heavy atom. The molecule has 35 heavy (non-hydrogen) atoms. The van der Waals surface area contributed by atoms with Crippen molar-refractivity contribution in [3.8, 4) is 11.5 Å². The number of hydrogen-bond acceptors (Lipinski definition) is 14. The molecule has 2 aromatic carbocycles. The predicted octanol–water partition coefficient (Wildman–Crippen LogP) is -3.53. The minimum absolute atomic E-state index is 0. The molecule has 0 aliphatic heterocycles. The Morgan fingerprint density at radius 2 is 0.771 bits per heavy atom. The van der Waals surface area contributed by atoms with Crippen LogP contribution in [0.15, 0.2) is 60.7 Å². The van der Waals surface area contributed by atoms with E-state index >= 15 is 0 Å². The fourth-order valence-corrected chi connectivity index (χ4v) is 5.77. The SMILES string of the molecule is O=P([O-])([O-])C(O)P(=O)([O-])Oc1ccccc1.O=P([O-])([O-])C(O)P(=O)([O-])Oc1ccccc1.[Mg+2].[Mg+2].[Mg+2]. The van der Waals surface area contributed by atoms with Gasteiger partial charge in [-0.3, -0.25) is 9.13 Å². The van der Waals surface area contributed by atoms with Crippen LogP contribution in [0.3, 0.4) is 0 Å². The van der Waals surface area contributed by atoms with Crippen LogP contribution in [0.4, 0.5) is 0 Å². The van der Waals surface area contributed by atoms with E-state index in [0.717, 1.165) is 0 Å². The summed E-state index contributed by atoms with van der Waals surface area (Å²) >= 11 is 0. The zero-order chi connectivity index (χ0) is 24.8. The van der Waals surface area contributed by atoms with E-state index in [9.17, 15) is 47.6 Å². The van der Waals surface area contributed by atoms with Crippen molar-refractivity contribution in [3.05, 3.63) is 60.7 Å². The summed E-state index contributed by atoms with van der Waals surface area (Å²) in [7, 11) is -21.7. The van der Waals surface area contributed by atoms with E-state index in [0.29, 0.717) is 0 Å². The Labute approximate surface area is 247 Å². The molecule has 2 aromatic rings. The van der Waals surface area contributed by atoms with Crippen LogP contribution in [0.1, 0.15) is 0 Å². The Morgan fingerprint density at radius 1 is 0.543 bits per heavy atom. The summed E-state index contributed by atoms with van der Waals surface area (Å²) in [6.07, 6.45) is 0. The van der Waals surface area contributed by atoms with E-state index in [1.165, 1.54) is 48.5 Å². The van der Waals surface area contributed by atoms with Gasteiger partial charge in [-0.05, 0) is 39.5 Å². The summed E-state index contributed by atoms with van der Waals surface area (Å²) in [5.74, 6) is -0.373. The van der Waals surface area contributed by atoms with Crippen molar-refractivity contribution in [3.63, 3.8) is 0 Å². The zero-order valence-electron chi connectivity index (χ0n) is 17.6. The molecule has 14 nitrogen and oxygen atoms in total. The minimum Gasteiger partial charge on any atom is -0.809 e. The van der Waals surface area contributed by atoms with Gasteiger partial charge in [0.05, 0.1) is 0 Å². The molecular formula is C14H14Mg3O14P4. The second-order valence-electron chi connectivity index (χ2n) is 5.66. The first kappa shape index (κ1) is 40.4. The van der Waals surface area contributed by atoms with Crippen molar-refractivity contribution in [2.45, 2.75) is 11.2 Å². The molecule has 0 aromatic heterocycles. The number of aliphatic hydroxyl groups excluding tert-OH is 2. The van der Waals surface area contributed by atoms with E-state index in [-0.39, 0.29) is 80.7 Å². The Bertz CT molecular complexity index is 979. The average Bonchev–Trinajstić information content (AvgIpc) is 2.67. The summed E-state index contributed by atoms with van der Waals surface area (Å²) in [5.41, 5.74) is -6.17. The van der Waals surface area contributed by atoms with Gasteiger partial charge >= 0.3 is 69.2 Å². The van der Waals surface area contributed by atoms with Gasteiger partial charge in [0.2, 0.25) is 15.2 Å². The van der Waals surface area contributed by atoms with Gasteiger partial charge in [0.15, 0.2) is 11.2 Å². The van der Waals surface area contributed by atoms with Crippen LogP contribution in [0.25, 0.3) is 0 Å². The van der Waals surface area contributed by atoms with Crippen LogP contribution >= 0.6 is 30.4 Å². The van der Waals surface area contributed by atoms with Crippen molar-refractivity contribution >= 4 is 99.5 Å². The largest absolute Gasteiger partial charge is 2.00 e. The first-order chi connectivity index (χ1) is 14.5. The normalized spacial score (nSPS) is 16.0. The third-order valence-electron chi connectivity index (χ3n) is 3.08. The van der Waals surface area contributed by atoms with Gasteiger partial charge in [-0.25, -0.2) is 0 Å². The average molecular weight is 603 g/mol. The molecule has 0 bridgehead atoms. The summed E-state index contributed by atoms with van der Waals surface area (Å²) in [5, 5.41) is 17.6. The molecule has 4 unspecified atom stereocenters. The summed E-state index contributed by atoms with van der Waals surface area (Å²) in [6.45, 7) is 0. The number of para-hydroxylation sites is 2. The fourth-order valence-electron chi connectivity index (χ4n) is 1.70. The topological polar surface area (TPSA) is 266 Å².